The van der Waals surface area contributed by atoms with Crippen molar-refractivity contribution in [3.8, 4) is 0 Å². The van der Waals surface area contributed by atoms with Crippen LogP contribution in [0.15, 0.2) is 24.3 Å². The van der Waals surface area contributed by atoms with Gasteiger partial charge in [-0.15, -0.1) is 0 Å². The van der Waals surface area contributed by atoms with Gasteiger partial charge in [0, 0.05) is 25.7 Å². The molecule has 1 aromatic heterocycles. The Morgan fingerprint density at radius 2 is 2.04 bits per heavy atom. The predicted molar refractivity (Wildman–Crippen MR) is 107 cm³/mol. The Morgan fingerprint density at radius 3 is 2.77 bits per heavy atom. The molecule has 1 N–H and O–H groups in total. The van der Waals surface area contributed by atoms with Crippen molar-refractivity contribution < 1.29 is 4.79 Å². The number of para-hydroxylation sites is 2. The van der Waals surface area contributed by atoms with Gasteiger partial charge in [0.25, 0.3) is 0 Å². The Bertz CT molecular complexity index is 750. The van der Waals surface area contributed by atoms with Gasteiger partial charge in [0.1, 0.15) is 0 Å². The van der Waals surface area contributed by atoms with Crippen LogP contribution in [-0.4, -0.2) is 34.6 Å². The normalized spacial score (nSPS) is 18.1. The SMILES string of the molecule is CC(C)CCn1c(N2CCC[C@@H](C(=O)NC(C)C)C2)nc2ccccc21. The van der Waals surface area contributed by atoms with E-state index >= 15 is 0 Å². The standard InChI is InChI=1S/C21H32N4O/c1-15(2)11-13-25-19-10-6-5-9-18(19)23-21(25)24-12-7-8-17(14-24)20(26)22-16(3)4/h5-6,9-10,15-17H,7-8,11-14H2,1-4H3,(H,22,26)/t17-/m1/s1. The monoisotopic (exact) mass is 356 g/mol. The molecule has 0 unspecified atom stereocenters. The number of nitrogens with zero attached hydrogens (tertiary/aromatic N) is 3. The molecule has 1 fully saturated rings. The second-order valence-corrected chi connectivity index (χ2v) is 8.18. The molecule has 0 aliphatic carbocycles. The Morgan fingerprint density at radius 1 is 1.27 bits per heavy atom. The highest BCUT2D eigenvalue weighted by molar-refractivity contribution is 5.81. The maximum Gasteiger partial charge on any atom is 0.225 e. The zero-order valence-electron chi connectivity index (χ0n) is 16.5. The number of anilines is 1. The molecular weight excluding hydrogens is 324 g/mol. The second kappa shape index (κ2) is 8.11. The number of piperidine rings is 1. The molecule has 0 saturated carbocycles. The summed E-state index contributed by atoms with van der Waals surface area (Å²) in [5.41, 5.74) is 2.23. The fourth-order valence-electron chi connectivity index (χ4n) is 3.69. The van der Waals surface area contributed by atoms with E-state index in [1.165, 1.54) is 5.52 Å². The molecule has 2 heterocycles. The molecule has 5 nitrogen and oxygen atoms in total. The molecule has 1 amide bonds. The van der Waals surface area contributed by atoms with Gasteiger partial charge in [0.05, 0.1) is 17.0 Å². The topological polar surface area (TPSA) is 50.2 Å². The zero-order valence-corrected chi connectivity index (χ0v) is 16.5. The van der Waals surface area contributed by atoms with Crippen LogP contribution in [-0.2, 0) is 11.3 Å². The lowest BCUT2D eigenvalue weighted by Gasteiger charge is -2.33. The third-order valence-corrected chi connectivity index (χ3v) is 5.07. The van der Waals surface area contributed by atoms with E-state index in [4.69, 9.17) is 4.98 Å². The molecule has 0 radical (unpaired) electrons. The van der Waals surface area contributed by atoms with Crippen LogP contribution in [0.4, 0.5) is 5.95 Å². The summed E-state index contributed by atoms with van der Waals surface area (Å²) in [6, 6.07) is 8.54. The summed E-state index contributed by atoms with van der Waals surface area (Å²) in [4.78, 5) is 19.7. The minimum absolute atomic E-state index is 0.0458. The second-order valence-electron chi connectivity index (χ2n) is 8.18. The average Bonchev–Trinajstić information content (AvgIpc) is 2.98. The van der Waals surface area contributed by atoms with Crippen LogP contribution in [0.1, 0.15) is 47.0 Å². The number of rotatable bonds is 6. The van der Waals surface area contributed by atoms with Gasteiger partial charge >= 0.3 is 0 Å². The van der Waals surface area contributed by atoms with Crippen LogP contribution in [0.25, 0.3) is 11.0 Å². The van der Waals surface area contributed by atoms with Crippen LogP contribution in [0.5, 0.6) is 0 Å². The molecular formula is C21H32N4O. The molecule has 142 valence electrons. The largest absolute Gasteiger partial charge is 0.354 e. The van der Waals surface area contributed by atoms with Gasteiger partial charge in [-0.05, 0) is 51.2 Å². The van der Waals surface area contributed by atoms with Crippen molar-refractivity contribution in [2.45, 2.75) is 59.5 Å². The fourth-order valence-corrected chi connectivity index (χ4v) is 3.69. The third kappa shape index (κ3) is 4.19. The minimum atomic E-state index is 0.0458. The van der Waals surface area contributed by atoms with E-state index < -0.39 is 0 Å². The van der Waals surface area contributed by atoms with E-state index in [9.17, 15) is 4.79 Å². The summed E-state index contributed by atoms with van der Waals surface area (Å²) in [5, 5.41) is 3.07. The van der Waals surface area contributed by atoms with Gasteiger partial charge in [0.2, 0.25) is 11.9 Å². The van der Waals surface area contributed by atoms with E-state index in [2.05, 4.69) is 46.8 Å². The molecule has 0 spiro atoms. The van der Waals surface area contributed by atoms with Crippen molar-refractivity contribution in [2.24, 2.45) is 11.8 Å². The number of aryl methyl sites for hydroxylation is 1. The Labute approximate surface area is 156 Å². The van der Waals surface area contributed by atoms with Gasteiger partial charge in [-0.25, -0.2) is 4.98 Å². The molecule has 1 aliphatic rings. The van der Waals surface area contributed by atoms with Gasteiger partial charge in [-0.1, -0.05) is 26.0 Å². The lowest BCUT2D eigenvalue weighted by Crippen LogP contribution is -2.45. The van der Waals surface area contributed by atoms with Gasteiger partial charge in [-0.2, -0.15) is 0 Å². The number of nitrogens with one attached hydrogen (secondary N) is 1. The smallest absolute Gasteiger partial charge is 0.225 e. The van der Waals surface area contributed by atoms with Crippen molar-refractivity contribution in [3.63, 3.8) is 0 Å². The third-order valence-electron chi connectivity index (χ3n) is 5.07. The van der Waals surface area contributed by atoms with Crippen molar-refractivity contribution >= 4 is 22.9 Å². The number of amides is 1. The average molecular weight is 357 g/mol. The number of hydrogen-bond donors (Lipinski definition) is 1. The molecule has 26 heavy (non-hydrogen) atoms. The lowest BCUT2D eigenvalue weighted by molar-refractivity contribution is -0.125. The first-order valence-corrected chi connectivity index (χ1v) is 9.96. The van der Waals surface area contributed by atoms with E-state index in [0.717, 1.165) is 50.4 Å². The van der Waals surface area contributed by atoms with E-state index in [0.29, 0.717) is 5.92 Å². The molecule has 5 heteroatoms. The predicted octanol–water partition coefficient (Wildman–Crippen LogP) is 3.82. The molecule has 3 rings (SSSR count). The summed E-state index contributed by atoms with van der Waals surface area (Å²) in [5.74, 6) is 1.89. The Kier molecular flexibility index (Phi) is 5.84. The lowest BCUT2D eigenvalue weighted by atomic mass is 9.97. The quantitative estimate of drug-likeness (QED) is 0.856. The Hall–Kier alpha value is -2.04. The van der Waals surface area contributed by atoms with E-state index in [-0.39, 0.29) is 17.9 Å². The highest BCUT2D eigenvalue weighted by atomic mass is 16.2. The van der Waals surface area contributed by atoms with Gasteiger partial charge in [0.15, 0.2) is 0 Å². The number of carbonyl (C=O) groups excluding carboxylic acids is 1. The van der Waals surface area contributed by atoms with Gasteiger partial charge < -0.3 is 14.8 Å². The number of hydrogen-bond acceptors (Lipinski definition) is 3. The highest BCUT2D eigenvalue weighted by Crippen LogP contribution is 2.28. The molecule has 1 aliphatic heterocycles. The fraction of sp³-hybridized carbons (Fsp3) is 0.619. The van der Waals surface area contributed by atoms with Crippen LogP contribution in [0, 0.1) is 11.8 Å². The summed E-state index contributed by atoms with van der Waals surface area (Å²) in [6.07, 6.45) is 3.11. The van der Waals surface area contributed by atoms with E-state index in [1.54, 1.807) is 0 Å². The summed E-state index contributed by atoms with van der Waals surface area (Å²) < 4.78 is 2.35. The Balaban J connectivity index is 1.86. The maximum atomic E-state index is 12.5. The molecule has 1 aromatic carbocycles. The summed E-state index contributed by atoms with van der Waals surface area (Å²) >= 11 is 0. The number of benzene rings is 1. The molecule has 1 saturated heterocycles. The van der Waals surface area contributed by atoms with Crippen LogP contribution in [0.2, 0.25) is 0 Å². The highest BCUT2D eigenvalue weighted by Gasteiger charge is 2.28. The van der Waals surface area contributed by atoms with Crippen molar-refractivity contribution in [3.05, 3.63) is 24.3 Å². The maximum absolute atomic E-state index is 12.5. The van der Waals surface area contributed by atoms with Crippen LogP contribution < -0.4 is 10.2 Å². The first kappa shape index (κ1) is 18.7. The molecule has 0 bridgehead atoms. The van der Waals surface area contributed by atoms with Gasteiger partial charge in [-0.3, -0.25) is 4.79 Å². The first-order valence-electron chi connectivity index (χ1n) is 9.96. The molecule has 1 atom stereocenters. The summed E-state index contributed by atoms with van der Waals surface area (Å²) in [7, 11) is 0. The number of imidazole rings is 1. The number of fused-ring (bicyclic) bond motifs is 1. The number of carbonyl (C=O) groups is 1. The van der Waals surface area contributed by atoms with Crippen LogP contribution >= 0.6 is 0 Å². The van der Waals surface area contributed by atoms with Crippen molar-refractivity contribution in [2.75, 3.05) is 18.0 Å². The van der Waals surface area contributed by atoms with Crippen LogP contribution in [0.3, 0.4) is 0 Å². The number of aromatic nitrogens is 2. The first-order chi connectivity index (χ1) is 12.5. The minimum Gasteiger partial charge on any atom is -0.354 e. The molecule has 2 aromatic rings. The zero-order chi connectivity index (χ0) is 18.7. The van der Waals surface area contributed by atoms with E-state index in [1.807, 2.05) is 19.9 Å². The van der Waals surface area contributed by atoms with Crippen molar-refractivity contribution in [1.82, 2.24) is 14.9 Å². The summed E-state index contributed by atoms with van der Waals surface area (Å²) in [6.45, 7) is 11.2. The van der Waals surface area contributed by atoms with Crippen molar-refractivity contribution in [1.29, 1.82) is 0 Å².